The Kier molecular flexibility index (Phi) is 4.70. The Balaban J connectivity index is 2.73. The van der Waals surface area contributed by atoms with Crippen molar-refractivity contribution < 1.29 is 27.0 Å². The largest absolute Gasteiger partial charge is 0.383 e. The van der Waals surface area contributed by atoms with E-state index in [2.05, 4.69) is 9.47 Å². The number of rotatable bonds is 6. The zero-order valence-electron chi connectivity index (χ0n) is 9.76. The summed E-state index contributed by atoms with van der Waals surface area (Å²) < 4.78 is 63.4. The number of methoxy groups -OCH3 is 2. The van der Waals surface area contributed by atoms with E-state index in [1.807, 2.05) is 0 Å². The van der Waals surface area contributed by atoms with Crippen LogP contribution in [0.1, 0.15) is 0 Å². The van der Waals surface area contributed by atoms with Gasteiger partial charge in [-0.15, -0.1) is 0 Å². The van der Waals surface area contributed by atoms with Crippen molar-refractivity contribution >= 4 is 0 Å². The van der Waals surface area contributed by atoms with E-state index in [1.54, 1.807) is 0 Å². The Hall–Kier alpha value is -0.440. The summed E-state index contributed by atoms with van der Waals surface area (Å²) in [4.78, 5) is 0.269. The molecule has 0 spiro atoms. The molecule has 1 saturated heterocycles. The van der Waals surface area contributed by atoms with Gasteiger partial charge < -0.3 is 9.47 Å². The van der Waals surface area contributed by atoms with Gasteiger partial charge in [0.25, 0.3) is 0 Å². The van der Waals surface area contributed by atoms with Crippen LogP contribution in [0.5, 0.6) is 0 Å². The van der Waals surface area contributed by atoms with Crippen molar-refractivity contribution in [2.45, 2.75) is 12.2 Å². The monoisotopic (exact) mass is 260 g/mol. The lowest BCUT2D eigenvalue weighted by molar-refractivity contribution is -0.261. The third-order valence-electron chi connectivity index (χ3n) is 2.57. The van der Waals surface area contributed by atoms with Crippen LogP contribution in [0.15, 0.2) is 0 Å². The Bertz CT molecular complexity index is 253. The zero-order chi connectivity index (χ0) is 13.1. The van der Waals surface area contributed by atoms with Gasteiger partial charge >= 0.3 is 12.2 Å². The fourth-order valence-corrected chi connectivity index (χ4v) is 1.67. The normalized spacial score (nSPS) is 24.4. The molecule has 17 heavy (non-hydrogen) atoms. The average molecular weight is 260 g/mol. The Morgan fingerprint density at radius 2 is 1.53 bits per heavy atom. The highest BCUT2D eigenvalue weighted by atomic mass is 19.3. The Morgan fingerprint density at radius 1 is 1.00 bits per heavy atom. The minimum Gasteiger partial charge on any atom is -0.383 e. The molecule has 8 heteroatoms. The smallest absolute Gasteiger partial charge is 0.374 e. The molecule has 0 N–H and O–H groups in total. The first-order valence-corrected chi connectivity index (χ1v) is 5.12. The van der Waals surface area contributed by atoms with Gasteiger partial charge in [-0.3, -0.25) is 0 Å². The van der Waals surface area contributed by atoms with Crippen LogP contribution in [0.2, 0.25) is 0 Å². The van der Waals surface area contributed by atoms with Gasteiger partial charge in [-0.25, -0.2) is 4.90 Å². The summed E-state index contributed by atoms with van der Waals surface area (Å²) in [5.74, 6) is 0. The van der Waals surface area contributed by atoms with Crippen molar-refractivity contribution in [3.05, 3.63) is 0 Å². The van der Waals surface area contributed by atoms with Crippen molar-refractivity contribution in [2.75, 3.05) is 47.1 Å². The Labute approximate surface area is 97.1 Å². The predicted molar refractivity (Wildman–Crippen MR) is 51.9 cm³/mol. The van der Waals surface area contributed by atoms with Crippen molar-refractivity contribution in [1.29, 1.82) is 0 Å². The van der Waals surface area contributed by atoms with Crippen molar-refractivity contribution in [1.82, 2.24) is 9.80 Å². The Morgan fingerprint density at radius 3 is 2.06 bits per heavy atom. The molecule has 0 atom stereocenters. The van der Waals surface area contributed by atoms with Gasteiger partial charge in [-0.05, 0) is 0 Å². The molecule has 1 rings (SSSR count). The fourth-order valence-electron chi connectivity index (χ4n) is 1.67. The minimum atomic E-state index is -3.68. The standard InChI is InChI=1S/C9H16F4N2O2/c1-16-5-3-14-7-8(10,11)15(4-6-17-2)9(14,12)13/h3-7H2,1-2H3. The molecule has 102 valence electrons. The van der Waals surface area contributed by atoms with Crippen molar-refractivity contribution in [3.63, 3.8) is 0 Å². The SMILES string of the molecule is COCCN1CC(F)(F)N(CCOC)C1(F)F. The molecule has 0 aliphatic carbocycles. The van der Waals surface area contributed by atoms with Gasteiger partial charge in [-0.1, -0.05) is 0 Å². The van der Waals surface area contributed by atoms with E-state index < -0.39 is 25.3 Å². The maximum atomic E-state index is 13.7. The second-order valence-electron chi connectivity index (χ2n) is 3.73. The van der Waals surface area contributed by atoms with E-state index >= 15 is 0 Å². The molecule has 1 aliphatic heterocycles. The lowest BCUT2D eigenvalue weighted by atomic mass is 10.5. The highest BCUT2D eigenvalue weighted by Gasteiger charge is 2.63. The summed E-state index contributed by atoms with van der Waals surface area (Å²) in [5, 5.41) is 0. The molecule has 0 aromatic rings. The third kappa shape index (κ3) is 3.06. The van der Waals surface area contributed by atoms with Crippen LogP contribution in [0.3, 0.4) is 0 Å². The molecule has 0 amide bonds. The first-order valence-electron chi connectivity index (χ1n) is 5.12. The van der Waals surface area contributed by atoms with Crippen LogP contribution >= 0.6 is 0 Å². The molecule has 0 saturated carbocycles. The molecule has 1 heterocycles. The number of hydrogen-bond acceptors (Lipinski definition) is 4. The predicted octanol–water partition coefficient (Wildman–Crippen LogP) is 1.04. The van der Waals surface area contributed by atoms with Gasteiger partial charge in [0.1, 0.15) is 0 Å². The van der Waals surface area contributed by atoms with Gasteiger partial charge in [0.2, 0.25) is 0 Å². The minimum absolute atomic E-state index is 0.0240. The van der Waals surface area contributed by atoms with Crippen LogP contribution in [-0.4, -0.2) is 69.1 Å². The quantitative estimate of drug-likeness (QED) is 0.526. The summed E-state index contributed by atoms with van der Waals surface area (Å²) in [6.07, 6.45) is -3.68. The molecular weight excluding hydrogens is 244 g/mol. The summed E-state index contributed by atoms with van der Waals surface area (Å²) in [7, 11) is 2.60. The number of ether oxygens (including phenoxy) is 2. The first kappa shape index (κ1) is 14.6. The molecule has 0 unspecified atom stereocenters. The molecule has 1 aliphatic rings. The van der Waals surface area contributed by atoms with Crippen LogP contribution in [0.4, 0.5) is 17.6 Å². The van der Waals surface area contributed by atoms with Crippen LogP contribution in [0.25, 0.3) is 0 Å². The summed E-state index contributed by atoms with van der Waals surface area (Å²) in [5.41, 5.74) is 0. The topological polar surface area (TPSA) is 24.9 Å². The van der Waals surface area contributed by atoms with Crippen molar-refractivity contribution in [3.8, 4) is 0 Å². The molecule has 4 nitrogen and oxygen atoms in total. The number of nitrogens with zero attached hydrogens (tertiary/aromatic N) is 2. The highest BCUT2D eigenvalue weighted by Crippen LogP contribution is 2.41. The van der Waals surface area contributed by atoms with Gasteiger partial charge in [0.05, 0.1) is 19.8 Å². The lowest BCUT2D eigenvalue weighted by Gasteiger charge is -2.29. The summed E-state index contributed by atoms with van der Waals surface area (Å²) in [6, 6.07) is -3.56. The molecule has 1 fully saturated rings. The van der Waals surface area contributed by atoms with Gasteiger partial charge in [0, 0.05) is 27.3 Å². The van der Waals surface area contributed by atoms with E-state index in [1.165, 1.54) is 14.2 Å². The average Bonchev–Trinajstić information content (AvgIpc) is 2.40. The van der Waals surface area contributed by atoms with Crippen LogP contribution in [-0.2, 0) is 9.47 Å². The maximum absolute atomic E-state index is 13.7. The van der Waals surface area contributed by atoms with E-state index in [-0.39, 0.29) is 24.7 Å². The van der Waals surface area contributed by atoms with Crippen LogP contribution in [0, 0.1) is 0 Å². The second-order valence-corrected chi connectivity index (χ2v) is 3.73. The van der Waals surface area contributed by atoms with E-state index in [4.69, 9.17) is 0 Å². The fraction of sp³-hybridized carbons (Fsp3) is 1.00. The van der Waals surface area contributed by atoms with Crippen molar-refractivity contribution in [2.24, 2.45) is 0 Å². The third-order valence-corrected chi connectivity index (χ3v) is 2.57. The molecule has 0 bridgehead atoms. The molecule has 0 aromatic heterocycles. The zero-order valence-corrected chi connectivity index (χ0v) is 9.76. The highest BCUT2D eigenvalue weighted by molar-refractivity contribution is 4.89. The summed E-state index contributed by atoms with van der Waals surface area (Å²) >= 11 is 0. The van der Waals surface area contributed by atoms with Gasteiger partial charge in [0.15, 0.2) is 0 Å². The number of halogens is 4. The number of alkyl halides is 4. The maximum Gasteiger partial charge on any atom is 0.374 e. The van der Waals surface area contributed by atoms with E-state index in [0.29, 0.717) is 4.90 Å². The van der Waals surface area contributed by atoms with E-state index in [0.717, 1.165) is 0 Å². The lowest BCUT2D eigenvalue weighted by Crippen LogP contribution is -2.51. The van der Waals surface area contributed by atoms with Crippen LogP contribution < -0.4 is 0 Å². The molecule has 0 aromatic carbocycles. The van der Waals surface area contributed by atoms with E-state index in [9.17, 15) is 17.6 Å². The second kappa shape index (κ2) is 5.47. The first-order chi connectivity index (χ1) is 7.86. The molecule has 0 radical (unpaired) electrons. The molecular formula is C9H16F4N2O2. The van der Waals surface area contributed by atoms with Gasteiger partial charge in [-0.2, -0.15) is 22.5 Å². The summed E-state index contributed by atoms with van der Waals surface area (Å²) in [6.45, 7) is -1.98. The number of hydrogen-bond donors (Lipinski definition) is 0.